The molecule has 4 nitrogen and oxygen atoms in total. The normalized spacial score (nSPS) is 16.6. The predicted molar refractivity (Wildman–Crippen MR) is 66.1 cm³/mol. The summed E-state index contributed by atoms with van der Waals surface area (Å²) in [6.07, 6.45) is -11.9. The van der Waals surface area contributed by atoms with Gasteiger partial charge in [0.25, 0.3) is 0 Å². The van der Waals surface area contributed by atoms with E-state index < -0.39 is 35.5 Å². The standard InChI is InChI=1S/C13H13F6NO3/c1-23-10(21)9(20)6-7-2-4-8(5-3-7)11(14,12(15,16)17)13(18,19)22/h2-5,9,22H,6,20H2,1H3/t9-,11?/m0/s1. The van der Waals surface area contributed by atoms with Gasteiger partial charge in [-0.25, -0.2) is 4.39 Å². The molecule has 0 amide bonds. The molecule has 0 spiro atoms. The van der Waals surface area contributed by atoms with Gasteiger partial charge in [0.1, 0.15) is 6.04 Å². The van der Waals surface area contributed by atoms with Crippen LogP contribution in [0.5, 0.6) is 0 Å². The molecular formula is C13H13F6NO3. The highest BCUT2D eigenvalue weighted by molar-refractivity contribution is 5.75. The third kappa shape index (κ3) is 3.75. The molecule has 0 saturated heterocycles. The molecule has 0 heterocycles. The van der Waals surface area contributed by atoms with E-state index in [2.05, 4.69) is 4.74 Å². The number of halogens is 6. The summed E-state index contributed by atoms with van der Waals surface area (Å²) in [5.74, 6) is -0.786. The van der Waals surface area contributed by atoms with E-state index in [9.17, 15) is 31.1 Å². The van der Waals surface area contributed by atoms with E-state index in [4.69, 9.17) is 10.8 Å². The molecule has 0 fully saturated rings. The number of alkyl halides is 6. The fraction of sp³-hybridized carbons (Fsp3) is 0.462. The third-order valence-electron chi connectivity index (χ3n) is 3.12. The molecular weight excluding hydrogens is 332 g/mol. The van der Waals surface area contributed by atoms with Crippen molar-refractivity contribution in [3.05, 3.63) is 35.4 Å². The Labute approximate surface area is 126 Å². The number of benzene rings is 1. The number of rotatable bonds is 5. The summed E-state index contributed by atoms with van der Waals surface area (Å²) in [5, 5.41) is 8.34. The van der Waals surface area contributed by atoms with Gasteiger partial charge < -0.3 is 15.6 Å². The van der Waals surface area contributed by atoms with Crippen molar-refractivity contribution in [3.63, 3.8) is 0 Å². The van der Waals surface area contributed by atoms with E-state index in [0.29, 0.717) is 12.1 Å². The molecule has 1 aromatic rings. The van der Waals surface area contributed by atoms with Crippen molar-refractivity contribution in [3.8, 4) is 0 Å². The zero-order chi connectivity index (χ0) is 18.1. The maximum Gasteiger partial charge on any atom is 0.435 e. The highest BCUT2D eigenvalue weighted by atomic mass is 19.4. The summed E-state index contributed by atoms with van der Waals surface area (Å²) in [6.45, 7) is 0. The summed E-state index contributed by atoms with van der Waals surface area (Å²) in [5.41, 5.74) is -1.11. The van der Waals surface area contributed by atoms with Crippen LogP contribution in [0.3, 0.4) is 0 Å². The fourth-order valence-electron chi connectivity index (χ4n) is 1.87. The maximum absolute atomic E-state index is 13.9. The Morgan fingerprint density at radius 2 is 1.65 bits per heavy atom. The number of aliphatic hydroxyl groups is 1. The van der Waals surface area contributed by atoms with Crippen molar-refractivity contribution >= 4 is 5.97 Å². The second kappa shape index (κ2) is 6.36. The first-order valence-electron chi connectivity index (χ1n) is 6.13. The Kier molecular flexibility index (Phi) is 5.32. The van der Waals surface area contributed by atoms with Gasteiger partial charge in [0.15, 0.2) is 0 Å². The zero-order valence-corrected chi connectivity index (χ0v) is 11.7. The number of carbonyl (C=O) groups is 1. The van der Waals surface area contributed by atoms with E-state index >= 15 is 0 Å². The first kappa shape index (κ1) is 19.2. The van der Waals surface area contributed by atoms with Gasteiger partial charge in [0.05, 0.1) is 7.11 Å². The molecule has 0 bridgehead atoms. The molecule has 0 aliphatic carbocycles. The van der Waals surface area contributed by atoms with Crippen LogP contribution in [0.15, 0.2) is 24.3 Å². The lowest BCUT2D eigenvalue weighted by atomic mass is 9.92. The Hall–Kier alpha value is -1.81. The molecule has 0 aliphatic rings. The molecule has 1 rings (SSSR count). The quantitative estimate of drug-likeness (QED) is 0.633. The van der Waals surface area contributed by atoms with Gasteiger partial charge in [-0.2, -0.15) is 22.0 Å². The van der Waals surface area contributed by atoms with Crippen LogP contribution in [0.4, 0.5) is 26.3 Å². The molecule has 23 heavy (non-hydrogen) atoms. The van der Waals surface area contributed by atoms with Gasteiger partial charge in [-0.15, -0.1) is 0 Å². The minimum atomic E-state index is -6.05. The Balaban J connectivity index is 3.13. The minimum Gasteiger partial charge on any atom is -0.468 e. The number of carbonyl (C=O) groups excluding carboxylic acids is 1. The summed E-state index contributed by atoms with van der Waals surface area (Å²) in [6, 6.07) is 1.55. The van der Waals surface area contributed by atoms with E-state index in [1.807, 2.05) is 0 Å². The Morgan fingerprint density at radius 1 is 1.17 bits per heavy atom. The van der Waals surface area contributed by atoms with E-state index in [-0.39, 0.29) is 12.0 Å². The van der Waals surface area contributed by atoms with Crippen LogP contribution in [-0.4, -0.2) is 36.5 Å². The summed E-state index contributed by atoms with van der Waals surface area (Å²) in [4.78, 5) is 11.1. The molecule has 2 atom stereocenters. The van der Waals surface area contributed by atoms with Gasteiger partial charge in [0.2, 0.25) is 0 Å². The van der Waals surface area contributed by atoms with E-state index in [1.54, 1.807) is 0 Å². The Morgan fingerprint density at radius 3 is 2.00 bits per heavy atom. The first-order chi connectivity index (χ1) is 10.3. The lowest BCUT2D eigenvalue weighted by molar-refractivity contribution is -0.375. The second-order valence-corrected chi connectivity index (χ2v) is 4.73. The monoisotopic (exact) mass is 345 g/mol. The van der Waals surface area contributed by atoms with E-state index in [1.165, 1.54) is 0 Å². The average molecular weight is 345 g/mol. The van der Waals surface area contributed by atoms with E-state index in [0.717, 1.165) is 19.2 Å². The van der Waals surface area contributed by atoms with Crippen molar-refractivity contribution in [2.75, 3.05) is 7.11 Å². The summed E-state index contributed by atoms with van der Waals surface area (Å²) in [7, 11) is 1.08. The summed E-state index contributed by atoms with van der Waals surface area (Å²) < 4.78 is 81.8. The van der Waals surface area contributed by atoms with Gasteiger partial charge in [0, 0.05) is 5.56 Å². The van der Waals surface area contributed by atoms with Gasteiger partial charge in [-0.1, -0.05) is 24.3 Å². The molecule has 3 N–H and O–H groups in total. The van der Waals surface area contributed by atoms with Crippen LogP contribution < -0.4 is 5.73 Å². The highest BCUT2D eigenvalue weighted by Crippen LogP contribution is 2.51. The highest BCUT2D eigenvalue weighted by Gasteiger charge is 2.72. The third-order valence-corrected chi connectivity index (χ3v) is 3.12. The molecule has 0 aromatic heterocycles. The SMILES string of the molecule is COC(=O)[C@@H](N)Cc1ccc(C(F)(C(O)(F)F)C(F)(F)F)cc1. The number of methoxy groups -OCH3 is 1. The number of hydrogen-bond acceptors (Lipinski definition) is 4. The molecule has 0 aliphatic heterocycles. The lowest BCUT2D eigenvalue weighted by Crippen LogP contribution is -2.52. The smallest absolute Gasteiger partial charge is 0.435 e. The molecule has 1 aromatic carbocycles. The molecule has 0 radical (unpaired) electrons. The number of ether oxygens (including phenoxy) is 1. The fourth-order valence-corrected chi connectivity index (χ4v) is 1.87. The van der Waals surface area contributed by atoms with Crippen molar-refractivity contribution in [1.29, 1.82) is 0 Å². The van der Waals surface area contributed by atoms with Crippen LogP contribution in [0.1, 0.15) is 11.1 Å². The molecule has 1 unspecified atom stereocenters. The van der Waals surface area contributed by atoms with Crippen LogP contribution in [0, 0.1) is 0 Å². The van der Waals surface area contributed by atoms with Crippen molar-refractivity contribution in [1.82, 2.24) is 0 Å². The van der Waals surface area contributed by atoms with Crippen molar-refractivity contribution in [2.24, 2.45) is 5.73 Å². The predicted octanol–water partition coefficient (Wildman–Crippen LogP) is 2.04. The number of esters is 1. The zero-order valence-electron chi connectivity index (χ0n) is 11.7. The van der Waals surface area contributed by atoms with Gasteiger partial charge in [-0.05, 0) is 12.0 Å². The van der Waals surface area contributed by atoms with Crippen molar-refractivity contribution < 1.29 is 41.0 Å². The van der Waals surface area contributed by atoms with Crippen LogP contribution in [-0.2, 0) is 21.6 Å². The number of nitrogens with two attached hydrogens (primary N) is 1. The Bertz CT molecular complexity index is 538. The second-order valence-electron chi connectivity index (χ2n) is 4.73. The average Bonchev–Trinajstić information content (AvgIpc) is 2.43. The largest absolute Gasteiger partial charge is 0.468 e. The number of hydrogen-bond donors (Lipinski definition) is 2. The molecule has 0 saturated carbocycles. The minimum absolute atomic E-state index is 0.159. The topological polar surface area (TPSA) is 72.5 Å². The first-order valence-corrected chi connectivity index (χ1v) is 6.13. The van der Waals surface area contributed by atoms with Crippen molar-refractivity contribution in [2.45, 2.75) is 30.4 Å². The van der Waals surface area contributed by atoms with Crippen LogP contribution in [0.2, 0.25) is 0 Å². The van der Waals surface area contributed by atoms with Gasteiger partial charge >= 0.3 is 23.9 Å². The van der Waals surface area contributed by atoms with Gasteiger partial charge in [-0.3, -0.25) is 4.79 Å². The lowest BCUT2D eigenvalue weighted by Gasteiger charge is -2.31. The molecule has 130 valence electrons. The van der Waals surface area contributed by atoms with Crippen LogP contribution >= 0.6 is 0 Å². The molecule has 10 heteroatoms. The maximum atomic E-state index is 13.9. The summed E-state index contributed by atoms with van der Waals surface area (Å²) >= 11 is 0. The van der Waals surface area contributed by atoms with Crippen LogP contribution in [0.25, 0.3) is 0 Å².